The number of amides is 1. The fraction of sp³-hybridized carbons (Fsp3) is 0.533. The van der Waals surface area contributed by atoms with Gasteiger partial charge in [0.15, 0.2) is 6.61 Å². The molecule has 0 bridgehead atoms. The van der Waals surface area contributed by atoms with Crippen LogP contribution in [-0.4, -0.2) is 39.8 Å². The molecule has 2 N–H and O–H groups in total. The van der Waals surface area contributed by atoms with Crippen molar-refractivity contribution in [3.05, 3.63) is 29.3 Å². The quantitative estimate of drug-likeness (QED) is 0.732. The summed E-state index contributed by atoms with van der Waals surface area (Å²) in [6.07, 6.45) is 2.17. The largest absolute Gasteiger partial charge is 0.484 e. The summed E-state index contributed by atoms with van der Waals surface area (Å²) in [5, 5.41) is 6.03. The summed E-state index contributed by atoms with van der Waals surface area (Å²) in [7, 11) is 3.58. The number of hydrogen-bond acceptors (Lipinski definition) is 4. The Labute approximate surface area is 119 Å². The van der Waals surface area contributed by atoms with E-state index < -0.39 is 0 Å². The van der Waals surface area contributed by atoms with Crippen molar-refractivity contribution in [3.63, 3.8) is 0 Å². The molecule has 5 heteroatoms. The smallest absolute Gasteiger partial charge is 0.258 e. The van der Waals surface area contributed by atoms with E-state index in [2.05, 4.69) is 16.7 Å². The van der Waals surface area contributed by atoms with Crippen LogP contribution in [0.2, 0.25) is 0 Å². The number of benzene rings is 1. The van der Waals surface area contributed by atoms with Gasteiger partial charge in [-0.05, 0) is 43.1 Å². The van der Waals surface area contributed by atoms with Gasteiger partial charge >= 0.3 is 0 Å². The van der Waals surface area contributed by atoms with E-state index in [0.29, 0.717) is 19.2 Å². The molecule has 2 rings (SSSR count). The first-order valence-electron chi connectivity index (χ1n) is 6.93. The molecule has 1 aromatic rings. The van der Waals surface area contributed by atoms with Crippen LogP contribution in [0.1, 0.15) is 23.6 Å². The highest BCUT2D eigenvalue weighted by Crippen LogP contribution is 2.33. The summed E-state index contributed by atoms with van der Waals surface area (Å²) in [5.74, 6) is 0.623. The highest BCUT2D eigenvalue weighted by Gasteiger charge is 2.21. The number of fused-ring (bicyclic) bond motifs is 1. The molecule has 1 aliphatic rings. The highest BCUT2D eigenvalue weighted by atomic mass is 16.5. The number of ether oxygens (including phenoxy) is 2. The van der Waals surface area contributed by atoms with Gasteiger partial charge in [-0.3, -0.25) is 4.79 Å². The van der Waals surface area contributed by atoms with Crippen LogP contribution >= 0.6 is 0 Å². The van der Waals surface area contributed by atoms with E-state index in [1.54, 1.807) is 7.11 Å². The van der Waals surface area contributed by atoms with E-state index in [1.807, 2.05) is 19.2 Å². The first-order valence-corrected chi connectivity index (χ1v) is 6.93. The van der Waals surface area contributed by atoms with Crippen LogP contribution in [-0.2, 0) is 16.0 Å². The van der Waals surface area contributed by atoms with Gasteiger partial charge in [-0.1, -0.05) is 6.07 Å². The second kappa shape index (κ2) is 7.26. The summed E-state index contributed by atoms with van der Waals surface area (Å²) in [5.41, 5.74) is 2.64. The molecule has 5 nitrogen and oxygen atoms in total. The molecule has 1 atom stereocenters. The van der Waals surface area contributed by atoms with E-state index in [9.17, 15) is 4.79 Å². The number of carbonyl (C=O) groups is 1. The van der Waals surface area contributed by atoms with Gasteiger partial charge in [-0.25, -0.2) is 0 Å². The molecule has 0 saturated carbocycles. The highest BCUT2D eigenvalue weighted by molar-refractivity contribution is 5.77. The van der Waals surface area contributed by atoms with Gasteiger partial charge in [0.2, 0.25) is 0 Å². The molecular weight excluding hydrogens is 256 g/mol. The van der Waals surface area contributed by atoms with E-state index in [0.717, 1.165) is 18.6 Å². The first-order chi connectivity index (χ1) is 9.74. The van der Waals surface area contributed by atoms with Gasteiger partial charge < -0.3 is 20.1 Å². The number of carbonyl (C=O) groups excluding carboxylic acids is 1. The lowest BCUT2D eigenvalue weighted by Gasteiger charge is -2.11. The lowest BCUT2D eigenvalue weighted by molar-refractivity contribution is -0.123. The molecule has 0 heterocycles. The maximum Gasteiger partial charge on any atom is 0.258 e. The number of hydrogen-bond donors (Lipinski definition) is 2. The van der Waals surface area contributed by atoms with Crippen LogP contribution in [0.25, 0.3) is 0 Å². The van der Waals surface area contributed by atoms with Crippen LogP contribution in [0, 0.1) is 0 Å². The van der Waals surface area contributed by atoms with Crippen molar-refractivity contribution < 1.29 is 14.3 Å². The van der Waals surface area contributed by atoms with Crippen LogP contribution in [0.5, 0.6) is 5.75 Å². The third-order valence-electron chi connectivity index (χ3n) is 3.54. The molecule has 0 fully saturated rings. The molecule has 110 valence electrons. The predicted molar refractivity (Wildman–Crippen MR) is 76.9 cm³/mol. The molecule has 1 unspecified atom stereocenters. The third kappa shape index (κ3) is 3.71. The molecule has 0 aromatic heterocycles. The van der Waals surface area contributed by atoms with Crippen LogP contribution < -0.4 is 15.4 Å². The maximum atomic E-state index is 11.5. The lowest BCUT2D eigenvalue weighted by atomic mass is 10.1. The maximum absolute atomic E-state index is 11.5. The minimum absolute atomic E-state index is 0.0396. The molecule has 0 saturated heterocycles. The second-order valence-electron chi connectivity index (χ2n) is 4.87. The Kier molecular flexibility index (Phi) is 5.38. The summed E-state index contributed by atoms with van der Waals surface area (Å²) < 4.78 is 10.4. The lowest BCUT2D eigenvalue weighted by Crippen LogP contribution is -2.31. The summed E-state index contributed by atoms with van der Waals surface area (Å²) in [6, 6.07) is 6.49. The molecule has 0 radical (unpaired) electrons. The normalized spacial score (nSPS) is 16.8. The zero-order chi connectivity index (χ0) is 14.4. The standard InChI is InChI=1S/C15H22N2O3/c1-16-14-6-3-11-9-12(4-5-13(11)14)20-10-15(18)17-7-8-19-2/h4-5,9,14,16H,3,6-8,10H2,1-2H3,(H,17,18). The van der Waals surface area contributed by atoms with Crippen molar-refractivity contribution in [2.45, 2.75) is 18.9 Å². The molecule has 1 amide bonds. The first kappa shape index (κ1) is 14.8. The van der Waals surface area contributed by atoms with Gasteiger partial charge in [-0.2, -0.15) is 0 Å². The summed E-state index contributed by atoms with van der Waals surface area (Å²) in [6.45, 7) is 1.06. The third-order valence-corrected chi connectivity index (χ3v) is 3.54. The average Bonchev–Trinajstić information content (AvgIpc) is 2.87. The predicted octanol–water partition coefficient (Wildman–Crippen LogP) is 1.03. The Morgan fingerprint density at radius 1 is 1.45 bits per heavy atom. The minimum atomic E-state index is -0.129. The topological polar surface area (TPSA) is 59.6 Å². The van der Waals surface area contributed by atoms with Crippen molar-refractivity contribution in [2.75, 3.05) is 33.9 Å². The average molecular weight is 278 g/mol. The Morgan fingerprint density at radius 2 is 2.30 bits per heavy atom. The van der Waals surface area contributed by atoms with Crippen molar-refractivity contribution >= 4 is 5.91 Å². The van der Waals surface area contributed by atoms with Crippen molar-refractivity contribution in [2.24, 2.45) is 0 Å². The van der Waals surface area contributed by atoms with E-state index >= 15 is 0 Å². The van der Waals surface area contributed by atoms with Crippen LogP contribution in [0.4, 0.5) is 0 Å². The van der Waals surface area contributed by atoms with Gasteiger partial charge in [0.1, 0.15) is 5.75 Å². The Morgan fingerprint density at radius 3 is 3.05 bits per heavy atom. The number of aryl methyl sites for hydroxylation is 1. The Hall–Kier alpha value is -1.59. The van der Waals surface area contributed by atoms with Crippen LogP contribution in [0.15, 0.2) is 18.2 Å². The molecule has 0 spiro atoms. The summed E-state index contributed by atoms with van der Waals surface area (Å²) in [4.78, 5) is 11.5. The van der Waals surface area contributed by atoms with E-state index in [1.165, 1.54) is 11.1 Å². The summed E-state index contributed by atoms with van der Waals surface area (Å²) >= 11 is 0. The van der Waals surface area contributed by atoms with Crippen molar-refractivity contribution in [3.8, 4) is 5.75 Å². The molecular formula is C15H22N2O3. The van der Waals surface area contributed by atoms with Crippen LogP contribution in [0.3, 0.4) is 0 Å². The minimum Gasteiger partial charge on any atom is -0.484 e. The van der Waals surface area contributed by atoms with Crippen molar-refractivity contribution in [1.29, 1.82) is 0 Å². The number of rotatable bonds is 7. The van der Waals surface area contributed by atoms with Gasteiger partial charge in [0.05, 0.1) is 6.61 Å². The van der Waals surface area contributed by atoms with Crippen molar-refractivity contribution in [1.82, 2.24) is 10.6 Å². The molecule has 1 aromatic carbocycles. The van der Waals surface area contributed by atoms with E-state index in [-0.39, 0.29) is 12.5 Å². The van der Waals surface area contributed by atoms with Gasteiger partial charge in [0.25, 0.3) is 5.91 Å². The monoisotopic (exact) mass is 278 g/mol. The fourth-order valence-electron chi connectivity index (χ4n) is 2.48. The zero-order valence-electron chi connectivity index (χ0n) is 12.1. The van der Waals surface area contributed by atoms with Gasteiger partial charge in [0, 0.05) is 19.7 Å². The molecule has 0 aliphatic heterocycles. The number of nitrogens with one attached hydrogen (secondary N) is 2. The zero-order valence-corrected chi connectivity index (χ0v) is 12.1. The fourth-order valence-corrected chi connectivity index (χ4v) is 2.48. The Bertz CT molecular complexity index is 462. The van der Waals surface area contributed by atoms with Gasteiger partial charge in [-0.15, -0.1) is 0 Å². The van der Waals surface area contributed by atoms with E-state index in [4.69, 9.17) is 9.47 Å². The second-order valence-corrected chi connectivity index (χ2v) is 4.87. The molecule has 20 heavy (non-hydrogen) atoms. The Balaban J connectivity index is 1.84. The molecule has 1 aliphatic carbocycles. The SMILES string of the molecule is CNC1CCc2cc(OCC(=O)NCCOC)ccc21. The number of methoxy groups -OCH3 is 1.